The maximum Gasteiger partial charge on any atom is 0.573 e. The van der Waals surface area contributed by atoms with Gasteiger partial charge in [0.25, 0.3) is 5.88 Å². The van der Waals surface area contributed by atoms with Crippen LogP contribution >= 0.6 is 0 Å². The van der Waals surface area contributed by atoms with E-state index >= 15 is 0 Å². The molecule has 0 amide bonds. The van der Waals surface area contributed by atoms with Crippen LogP contribution in [0.3, 0.4) is 0 Å². The topological polar surface area (TPSA) is 70.5 Å². The summed E-state index contributed by atoms with van der Waals surface area (Å²) in [5, 5.41) is 4.49. The quantitative estimate of drug-likeness (QED) is 0.767. The molecular weight excluding hydrogens is 325 g/mol. The molecule has 1 heterocycles. The Morgan fingerprint density at radius 1 is 1.04 bits per heavy atom. The number of nitrogens with zero attached hydrogens (tertiary/aromatic N) is 1. The second kappa shape index (κ2) is 6.40. The third kappa shape index (κ3) is 3.60. The molecule has 126 valence electrons. The van der Waals surface area contributed by atoms with Crippen molar-refractivity contribution in [1.82, 2.24) is 5.16 Å². The fraction of sp³-hybridized carbons (Fsp3) is 0.188. The van der Waals surface area contributed by atoms with Gasteiger partial charge in [0.2, 0.25) is 0 Å². The van der Waals surface area contributed by atoms with Crippen molar-refractivity contribution >= 4 is 11.0 Å². The maximum atomic E-state index is 12.2. The lowest BCUT2D eigenvalue weighted by Gasteiger charge is -2.09. The Balaban J connectivity index is 1.88. The van der Waals surface area contributed by atoms with E-state index in [1.807, 2.05) is 0 Å². The summed E-state index contributed by atoms with van der Waals surface area (Å²) in [5.74, 6) is 0.0543. The highest BCUT2D eigenvalue weighted by atomic mass is 19.4. The molecule has 0 saturated carbocycles. The van der Waals surface area contributed by atoms with Crippen LogP contribution in [0.5, 0.6) is 11.6 Å². The van der Waals surface area contributed by atoms with Crippen LogP contribution in [-0.2, 0) is 0 Å². The summed E-state index contributed by atoms with van der Waals surface area (Å²) in [6.07, 6.45) is -4.71. The first-order valence-electron chi connectivity index (χ1n) is 7.05. The van der Waals surface area contributed by atoms with Crippen LogP contribution < -0.4 is 15.2 Å². The Hall–Kier alpha value is -2.74. The van der Waals surface area contributed by atoms with E-state index in [1.54, 1.807) is 18.2 Å². The van der Waals surface area contributed by atoms with Gasteiger partial charge in [0.15, 0.2) is 5.58 Å². The molecule has 0 radical (unpaired) electrons. The van der Waals surface area contributed by atoms with Crippen molar-refractivity contribution in [2.75, 3.05) is 13.2 Å². The third-order valence-electron chi connectivity index (χ3n) is 3.21. The van der Waals surface area contributed by atoms with Crippen LogP contribution in [0.25, 0.3) is 22.1 Å². The van der Waals surface area contributed by atoms with Gasteiger partial charge in [-0.1, -0.05) is 18.2 Å². The molecule has 0 atom stereocenters. The first-order valence-corrected chi connectivity index (χ1v) is 7.05. The molecule has 24 heavy (non-hydrogen) atoms. The zero-order valence-electron chi connectivity index (χ0n) is 12.3. The van der Waals surface area contributed by atoms with E-state index in [9.17, 15) is 13.2 Å². The largest absolute Gasteiger partial charge is 0.573 e. The average molecular weight is 338 g/mol. The van der Waals surface area contributed by atoms with E-state index in [0.717, 1.165) is 11.1 Å². The Morgan fingerprint density at radius 2 is 1.75 bits per heavy atom. The van der Waals surface area contributed by atoms with Gasteiger partial charge in [-0.15, -0.1) is 13.2 Å². The smallest absolute Gasteiger partial charge is 0.474 e. The van der Waals surface area contributed by atoms with Gasteiger partial charge >= 0.3 is 6.36 Å². The van der Waals surface area contributed by atoms with Crippen LogP contribution in [0.2, 0.25) is 0 Å². The molecule has 8 heteroatoms. The lowest BCUT2D eigenvalue weighted by atomic mass is 10.0. The number of fused-ring (bicyclic) bond motifs is 1. The number of ether oxygens (including phenoxy) is 2. The molecular formula is C16H13F3N2O3. The Labute approximate surface area is 134 Å². The number of hydrogen-bond donors (Lipinski definition) is 1. The molecule has 0 aliphatic carbocycles. The second-order valence-electron chi connectivity index (χ2n) is 4.91. The molecule has 3 rings (SSSR count). The lowest BCUT2D eigenvalue weighted by Crippen LogP contribution is -2.16. The second-order valence-corrected chi connectivity index (χ2v) is 4.91. The van der Waals surface area contributed by atoms with Gasteiger partial charge in [-0.05, 0) is 40.5 Å². The summed E-state index contributed by atoms with van der Waals surface area (Å²) in [6, 6.07) is 10.9. The molecule has 0 saturated heterocycles. The summed E-state index contributed by atoms with van der Waals surface area (Å²) in [4.78, 5) is 0. The van der Waals surface area contributed by atoms with Crippen LogP contribution in [0.1, 0.15) is 0 Å². The Bertz CT molecular complexity index is 829. The molecule has 5 nitrogen and oxygen atoms in total. The molecule has 0 aliphatic heterocycles. The van der Waals surface area contributed by atoms with Crippen molar-refractivity contribution in [3.63, 3.8) is 0 Å². The predicted octanol–water partition coefficient (Wildman–Crippen LogP) is 3.73. The van der Waals surface area contributed by atoms with Crippen molar-refractivity contribution in [3.05, 3.63) is 42.5 Å². The van der Waals surface area contributed by atoms with E-state index in [4.69, 9.17) is 15.0 Å². The van der Waals surface area contributed by atoms with E-state index in [0.29, 0.717) is 30.0 Å². The Kier molecular flexibility index (Phi) is 4.30. The number of alkyl halides is 3. The number of aromatic nitrogens is 1. The zero-order chi connectivity index (χ0) is 17.2. The van der Waals surface area contributed by atoms with Gasteiger partial charge < -0.3 is 19.7 Å². The number of halogens is 3. The van der Waals surface area contributed by atoms with Gasteiger partial charge in [-0.25, -0.2) is 0 Å². The van der Waals surface area contributed by atoms with E-state index in [-0.39, 0.29) is 5.75 Å². The van der Waals surface area contributed by atoms with Crippen molar-refractivity contribution < 1.29 is 27.2 Å². The SMILES string of the molecule is NCCOc1noc2ccc(-c3ccc(OC(F)(F)F)cc3)cc12. The van der Waals surface area contributed by atoms with E-state index in [1.165, 1.54) is 24.3 Å². The molecule has 0 aliphatic rings. The van der Waals surface area contributed by atoms with Crippen molar-refractivity contribution in [1.29, 1.82) is 0 Å². The average Bonchev–Trinajstić information content (AvgIpc) is 2.94. The van der Waals surface area contributed by atoms with E-state index in [2.05, 4.69) is 9.89 Å². The molecule has 2 N–H and O–H groups in total. The minimum Gasteiger partial charge on any atom is -0.474 e. The van der Waals surface area contributed by atoms with Gasteiger partial charge in [-0.2, -0.15) is 0 Å². The van der Waals surface area contributed by atoms with Crippen LogP contribution in [-0.4, -0.2) is 24.7 Å². The summed E-state index contributed by atoms with van der Waals surface area (Å²) in [6.45, 7) is 0.643. The summed E-state index contributed by atoms with van der Waals surface area (Å²) < 4.78 is 51.0. The molecule has 0 fully saturated rings. The van der Waals surface area contributed by atoms with Crippen LogP contribution in [0.4, 0.5) is 13.2 Å². The molecule has 0 unspecified atom stereocenters. The maximum absolute atomic E-state index is 12.2. The summed E-state index contributed by atoms with van der Waals surface area (Å²) in [7, 11) is 0. The van der Waals surface area contributed by atoms with Crippen molar-refractivity contribution in [3.8, 4) is 22.8 Å². The van der Waals surface area contributed by atoms with Crippen LogP contribution in [0.15, 0.2) is 47.0 Å². The fourth-order valence-electron chi connectivity index (χ4n) is 2.20. The molecule has 3 aromatic rings. The monoisotopic (exact) mass is 338 g/mol. The van der Waals surface area contributed by atoms with Gasteiger partial charge in [0, 0.05) is 6.54 Å². The molecule has 0 spiro atoms. The Morgan fingerprint density at radius 3 is 2.42 bits per heavy atom. The third-order valence-corrected chi connectivity index (χ3v) is 3.21. The van der Waals surface area contributed by atoms with Gasteiger partial charge in [0.1, 0.15) is 12.4 Å². The molecule has 1 aromatic heterocycles. The van der Waals surface area contributed by atoms with Crippen LogP contribution in [0, 0.1) is 0 Å². The predicted molar refractivity (Wildman–Crippen MR) is 80.7 cm³/mol. The minimum atomic E-state index is -4.71. The highest BCUT2D eigenvalue weighted by Gasteiger charge is 2.30. The van der Waals surface area contributed by atoms with Gasteiger partial charge in [-0.3, -0.25) is 0 Å². The number of nitrogens with two attached hydrogens (primary N) is 1. The number of hydrogen-bond acceptors (Lipinski definition) is 5. The zero-order valence-corrected chi connectivity index (χ0v) is 12.3. The highest BCUT2D eigenvalue weighted by molar-refractivity contribution is 5.87. The normalized spacial score (nSPS) is 11.7. The summed E-state index contributed by atoms with van der Waals surface area (Å²) >= 11 is 0. The number of rotatable bonds is 5. The molecule has 0 bridgehead atoms. The van der Waals surface area contributed by atoms with Crippen molar-refractivity contribution in [2.24, 2.45) is 5.73 Å². The first-order chi connectivity index (χ1) is 11.5. The number of benzene rings is 2. The van der Waals surface area contributed by atoms with E-state index < -0.39 is 6.36 Å². The summed E-state index contributed by atoms with van der Waals surface area (Å²) in [5.41, 5.74) is 7.44. The van der Waals surface area contributed by atoms with Crippen molar-refractivity contribution in [2.45, 2.75) is 6.36 Å². The highest BCUT2D eigenvalue weighted by Crippen LogP contribution is 2.31. The van der Waals surface area contributed by atoms with Gasteiger partial charge in [0.05, 0.1) is 5.39 Å². The fourth-order valence-corrected chi connectivity index (χ4v) is 2.20. The lowest BCUT2D eigenvalue weighted by molar-refractivity contribution is -0.274. The first kappa shape index (κ1) is 16.1. The standard InChI is InChI=1S/C16H13F3N2O3/c17-16(18,19)23-12-4-1-10(2-5-12)11-3-6-14-13(9-11)15(21-24-14)22-8-7-20/h1-6,9H,7-8,20H2. The molecule has 2 aromatic carbocycles. The minimum absolute atomic E-state index is 0.274.